The predicted molar refractivity (Wildman–Crippen MR) is 155 cm³/mol. The highest BCUT2D eigenvalue weighted by molar-refractivity contribution is 5.94. The third kappa shape index (κ3) is 10.7. The van der Waals surface area contributed by atoms with E-state index in [1.54, 1.807) is 20.8 Å². The van der Waals surface area contributed by atoms with E-state index in [9.17, 15) is 19.2 Å². The van der Waals surface area contributed by atoms with Gasteiger partial charge in [-0.05, 0) is 50.3 Å². The van der Waals surface area contributed by atoms with E-state index in [2.05, 4.69) is 10.6 Å². The summed E-state index contributed by atoms with van der Waals surface area (Å²) in [6, 6.07) is 14.7. The van der Waals surface area contributed by atoms with E-state index in [4.69, 9.17) is 10.5 Å². The highest BCUT2D eigenvalue weighted by atomic mass is 16.6. The van der Waals surface area contributed by atoms with Gasteiger partial charge in [0.2, 0.25) is 17.7 Å². The summed E-state index contributed by atoms with van der Waals surface area (Å²) in [7, 11) is 0. The molecule has 2 rings (SSSR count). The molecule has 218 valence electrons. The van der Waals surface area contributed by atoms with Gasteiger partial charge in [0.15, 0.2) is 0 Å². The van der Waals surface area contributed by atoms with Crippen molar-refractivity contribution in [1.82, 2.24) is 15.5 Å². The fraction of sp³-hybridized carbons (Fsp3) is 0.484. The van der Waals surface area contributed by atoms with Crippen molar-refractivity contribution in [2.45, 2.75) is 91.0 Å². The lowest BCUT2D eigenvalue weighted by Gasteiger charge is -2.34. The zero-order valence-corrected chi connectivity index (χ0v) is 24.4. The van der Waals surface area contributed by atoms with Crippen LogP contribution in [0.4, 0.5) is 4.79 Å². The molecule has 9 nitrogen and oxygen atoms in total. The van der Waals surface area contributed by atoms with E-state index in [-0.39, 0.29) is 19.0 Å². The summed E-state index contributed by atoms with van der Waals surface area (Å²) in [6.45, 7) is 9.69. The standard InChI is InChI=1S/C31H44N4O5/c1-6-8-12-19-35(29(38)25(20-26(32)36)34-30(39)40-31(3,4)5)27(24-17-15-22(7-2)16-18-24)28(37)33-21-23-13-10-9-11-14-23/h9-11,13-18,25,27H,6-8,12,19-21H2,1-5H3,(H2,32,36)(H,33,37)(H,34,39). The first kappa shape index (κ1) is 32.3. The fourth-order valence-electron chi connectivity index (χ4n) is 4.24. The van der Waals surface area contributed by atoms with Crippen LogP contribution in [0, 0.1) is 0 Å². The Morgan fingerprint density at radius 3 is 2.12 bits per heavy atom. The molecule has 0 aliphatic rings. The number of alkyl carbamates (subject to hydrolysis) is 1. The molecular formula is C31H44N4O5. The Labute approximate surface area is 237 Å². The first-order chi connectivity index (χ1) is 18.9. The molecular weight excluding hydrogens is 508 g/mol. The van der Waals surface area contributed by atoms with E-state index in [1.165, 1.54) is 4.90 Å². The van der Waals surface area contributed by atoms with E-state index >= 15 is 0 Å². The maximum atomic E-state index is 14.1. The number of rotatable bonds is 14. The minimum atomic E-state index is -1.30. The van der Waals surface area contributed by atoms with Gasteiger partial charge in [-0.2, -0.15) is 0 Å². The first-order valence-electron chi connectivity index (χ1n) is 13.9. The maximum absolute atomic E-state index is 14.1. The average molecular weight is 553 g/mol. The molecule has 0 radical (unpaired) electrons. The van der Waals surface area contributed by atoms with Crippen molar-refractivity contribution < 1.29 is 23.9 Å². The van der Waals surface area contributed by atoms with E-state index < -0.39 is 42.0 Å². The Kier molecular flexibility index (Phi) is 12.6. The molecule has 4 N–H and O–H groups in total. The molecule has 0 spiro atoms. The Bertz CT molecular complexity index is 1110. The van der Waals surface area contributed by atoms with Crippen molar-refractivity contribution >= 4 is 23.8 Å². The van der Waals surface area contributed by atoms with Crippen molar-refractivity contribution in [3.8, 4) is 0 Å². The summed E-state index contributed by atoms with van der Waals surface area (Å²) in [5, 5.41) is 5.48. The number of benzene rings is 2. The van der Waals surface area contributed by atoms with Gasteiger partial charge >= 0.3 is 6.09 Å². The van der Waals surface area contributed by atoms with Crippen LogP contribution in [0.3, 0.4) is 0 Å². The Balaban J connectivity index is 2.48. The van der Waals surface area contributed by atoms with Crippen LogP contribution in [-0.4, -0.2) is 46.9 Å². The zero-order chi connectivity index (χ0) is 29.7. The summed E-state index contributed by atoms with van der Waals surface area (Å²) in [5.41, 5.74) is 7.29. The summed E-state index contributed by atoms with van der Waals surface area (Å²) < 4.78 is 5.33. The second-order valence-corrected chi connectivity index (χ2v) is 10.8. The zero-order valence-electron chi connectivity index (χ0n) is 24.4. The van der Waals surface area contributed by atoms with Crippen LogP contribution in [0.25, 0.3) is 0 Å². The average Bonchev–Trinajstić information content (AvgIpc) is 2.90. The third-order valence-electron chi connectivity index (χ3n) is 6.25. The van der Waals surface area contributed by atoms with Crippen LogP contribution in [0.2, 0.25) is 0 Å². The van der Waals surface area contributed by atoms with Crippen molar-refractivity contribution in [3.05, 3.63) is 71.3 Å². The second kappa shape index (κ2) is 15.6. The van der Waals surface area contributed by atoms with Crippen LogP contribution < -0.4 is 16.4 Å². The molecule has 0 bridgehead atoms. The first-order valence-corrected chi connectivity index (χ1v) is 13.9. The molecule has 0 aliphatic heterocycles. The number of carbonyl (C=O) groups is 4. The molecule has 0 aliphatic carbocycles. The SMILES string of the molecule is CCCCCN(C(=O)C(CC(N)=O)NC(=O)OC(C)(C)C)C(C(=O)NCc1ccccc1)c1ccc(CC)cc1. The molecule has 0 heterocycles. The van der Waals surface area contributed by atoms with Crippen molar-refractivity contribution in [1.29, 1.82) is 0 Å². The number of unbranched alkanes of at least 4 members (excludes halogenated alkanes) is 2. The van der Waals surface area contributed by atoms with Crippen LogP contribution in [0.1, 0.15) is 83.0 Å². The van der Waals surface area contributed by atoms with Crippen LogP contribution in [-0.2, 0) is 32.1 Å². The van der Waals surface area contributed by atoms with Crippen molar-refractivity contribution in [3.63, 3.8) is 0 Å². The summed E-state index contributed by atoms with van der Waals surface area (Å²) >= 11 is 0. The molecule has 2 unspecified atom stereocenters. The highest BCUT2D eigenvalue weighted by Crippen LogP contribution is 2.25. The van der Waals surface area contributed by atoms with Crippen LogP contribution >= 0.6 is 0 Å². The third-order valence-corrected chi connectivity index (χ3v) is 6.25. The van der Waals surface area contributed by atoms with Gasteiger partial charge in [-0.3, -0.25) is 14.4 Å². The van der Waals surface area contributed by atoms with Gasteiger partial charge in [-0.25, -0.2) is 4.79 Å². The number of aryl methyl sites for hydroxylation is 1. The molecule has 4 amide bonds. The Morgan fingerprint density at radius 1 is 0.925 bits per heavy atom. The molecule has 0 aromatic heterocycles. The second-order valence-electron chi connectivity index (χ2n) is 10.8. The summed E-state index contributed by atoms with van der Waals surface area (Å²) in [6.07, 6.45) is 1.90. The number of nitrogens with one attached hydrogen (secondary N) is 2. The molecule has 0 saturated heterocycles. The number of nitrogens with zero attached hydrogens (tertiary/aromatic N) is 1. The number of amides is 4. The topological polar surface area (TPSA) is 131 Å². The van der Waals surface area contributed by atoms with E-state index in [0.717, 1.165) is 30.4 Å². The highest BCUT2D eigenvalue weighted by Gasteiger charge is 2.36. The molecule has 0 fully saturated rings. The molecule has 9 heteroatoms. The van der Waals surface area contributed by atoms with E-state index in [1.807, 2.05) is 68.4 Å². The quantitative estimate of drug-likeness (QED) is 0.299. The summed E-state index contributed by atoms with van der Waals surface area (Å²) in [5.74, 6) is -1.71. The molecule has 2 atom stereocenters. The van der Waals surface area contributed by atoms with Gasteiger partial charge in [-0.15, -0.1) is 0 Å². The van der Waals surface area contributed by atoms with Gasteiger partial charge in [0.05, 0.1) is 6.42 Å². The maximum Gasteiger partial charge on any atom is 0.408 e. The normalized spacial score (nSPS) is 12.6. The molecule has 0 saturated carbocycles. The lowest BCUT2D eigenvalue weighted by Crippen LogP contribution is -2.54. The van der Waals surface area contributed by atoms with E-state index in [0.29, 0.717) is 12.0 Å². The number of nitrogens with two attached hydrogens (primary N) is 1. The number of hydrogen-bond acceptors (Lipinski definition) is 5. The van der Waals surface area contributed by atoms with Gasteiger partial charge in [-0.1, -0.05) is 81.3 Å². The largest absolute Gasteiger partial charge is 0.444 e. The molecule has 2 aromatic rings. The van der Waals surface area contributed by atoms with Crippen LogP contribution in [0.15, 0.2) is 54.6 Å². The summed E-state index contributed by atoms with van der Waals surface area (Å²) in [4.78, 5) is 53.9. The number of carbonyl (C=O) groups excluding carboxylic acids is 4. The monoisotopic (exact) mass is 552 g/mol. The lowest BCUT2D eigenvalue weighted by atomic mass is 9.99. The van der Waals surface area contributed by atoms with Gasteiger partial charge in [0, 0.05) is 13.1 Å². The van der Waals surface area contributed by atoms with Crippen molar-refractivity contribution in [2.24, 2.45) is 5.73 Å². The minimum absolute atomic E-state index is 0.247. The Hall–Kier alpha value is -3.88. The smallest absolute Gasteiger partial charge is 0.408 e. The number of ether oxygens (including phenoxy) is 1. The fourth-order valence-corrected chi connectivity index (χ4v) is 4.24. The number of primary amides is 1. The number of hydrogen-bond donors (Lipinski definition) is 3. The minimum Gasteiger partial charge on any atom is -0.444 e. The van der Waals surface area contributed by atoms with Gasteiger partial charge < -0.3 is 26.0 Å². The predicted octanol–water partition coefficient (Wildman–Crippen LogP) is 4.39. The van der Waals surface area contributed by atoms with Gasteiger partial charge in [0.25, 0.3) is 0 Å². The lowest BCUT2D eigenvalue weighted by molar-refractivity contribution is -0.143. The molecule has 40 heavy (non-hydrogen) atoms. The van der Waals surface area contributed by atoms with Gasteiger partial charge in [0.1, 0.15) is 17.7 Å². The Morgan fingerprint density at radius 2 is 1.57 bits per heavy atom. The van der Waals surface area contributed by atoms with Crippen molar-refractivity contribution in [2.75, 3.05) is 6.54 Å². The van der Waals surface area contributed by atoms with Crippen LogP contribution in [0.5, 0.6) is 0 Å². The molecule has 2 aromatic carbocycles.